The van der Waals surface area contributed by atoms with E-state index in [4.69, 9.17) is 5.11 Å². The third-order valence-corrected chi connectivity index (χ3v) is 3.91. The number of benzene rings is 1. The van der Waals surface area contributed by atoms with E-state index < -0.39 is 5.97 Å². The quantitative estimate of drug-likeness (QED) is 0.910. The molecule has 5 heteroatoms. The van der Waals surface area contributed by atoms with E-state index >= 15 is 0 Å². The van der Waals surface area contributed by atoms with E-state index in [1.54, 1.807) is 24.1 Å². The highest BCUT2D eigenvalue weighted by Crippen LogP contribution is 2.17. The summed E-state index contributed by atoms with van der Waals surface area (Å²) in [7, 11) is 3.88. The fourth-order valence-corrected chi connectivity index (χ4v) is 2.54. The summed E-state index contributed by atoms with van der Waals surface area (Å²) in [5, 5.41) is 8.98. The molecule has 1 saturated heterocycles. The first-order chi connectivity index (χ1) is 9.49. The van der Waals surface area contributed by atoms with Gasteiger partial charge >= 0.3 is 5.97 Å². The molecule has 0 radical (unpaired) electrons. The fourth-order valence-electron chi connectivity index (χ4n) is 2.54. The average molecular weight is 276 g/mol. The first-order valence-corrected chi connectivity index (χ1v) is 6.78. The average Bonchev–Trinajstić information content (AvgIpc) is 2.46. The molecule has 0 aromatic heterocycles. The summed E-state index contributed by atoms with van der Waals surface area (Å²) in [4.78, 5) is 27.4. The third kappa shape index (κ3) is 3.17. The predicted molar refractivity (Wildman–Crippen MR) is 76.0 cm³/mol. The SMILES string of the molecule is CN1CCC(N(C)C(=O)c2cccc(C(=O)O)c2)CC1. The molecule has 1 aromatic carbocycles. The summed E-state index contributed by atoms with van der Waals surface area (Å²) in [6, 6.07) is 6.44. The Morgan fingerprint density at radius 1 is 1.25 bits per heavy atom. The topological polar surface area (TPSA) is 60.9 Å². The Labute approximate surface area is 118 Å². The van der Waals surface area contributed by atoms with Crippen molar-refractivity contribution in [2.45, 2.75) is 18.9 Å². The molecule has 1 N–H and O–H groups in total. The molecular weight excluding hydrogens is 256 g/mol. The van der Waals surface area contributed by atoms with Crippen molar-refractivity contribution in [2.24, 2.45) is 0 Å². The molecule has 1 aliphatic rings. The Morgan fingerprint density at radius 3 is 2.45 bits per heavy atom. The van der Waals surface area contributed by atoms with Crippen LogP contribution in [0.4, 0.5) is 0 Å². The second kappa shape index (κ2) is 6.05. The van der Waals surface area contributed by atoms with E-state index in [9.17, 15) is 9.59 Å². The maximum absolute atomic E-state index is 12.4. The molecular formula is C15H20N2O3. The van der Waals surface area contributed by atoms with Crippen molar-refractivity contribution in [3.8, 4) is 0 Å². The molecule has 0 unspecified atom stereocenters. The van der Waals surface area contributed by atoms with Crippen LogP contribution in [0.2, 0.25) is 0 Å². The van der Waals surface area contributed by atoms with Gasteiger partial charge < -0.3 is 14.9 Å². The van der Waals surface area contributed by atoms with Crippen molar-refractivity contribution < 1.29 is 14.7 Å². The zero-order chi connectivity index (χ0) is 14.7. The second-order valence-electron chi connectivity index (χ2n) is 5.34. The van der Waals surface area contributed by atoms with Crippen LogP contribution in [-0.2, 0) is 0 Å². The van der Waals surface area contributed by atoms with Gasteiger partial charge in [-0.05, 0) is 51.2 Å². The largest absolute Gasteiger partial charge is 0.478 e. The predicted octanol–water partition coefficient (Wildman–Crippen LogP) is 1.55. The lowest BCUT2D eigenvalue weighted by Crippen LogP contribution is -2.44. The van der Waals surface area contributed by atoms with Crippen LogP contribution in [0, 0.1) is 0 Å². The summed E-state index contributed by atoms with van der Waals surface area (Å²) < 4.78 is 0. The van der Waals surface area contributed by atoms with Gasteiger partial charge in [0.25, 0.3) is 5.91 Å². The van der Waals surface area contributed by atoms with Crippen molar-refractivity contribution >= 4 is 11.9 Å². The van der Waals surface area contributed by atoms with E-state index in [-0.39, 0.29) is 17.5 Å². The number of carbonyl (C=O) groups excluding carboxylic acids is 1. The van der Waals surface area contributed by atoms with Crippen molar-refractivity contribution in [1.82, 2.24) is 9.80 Å². The molecule has 1 heterocycles. The number of carbonyl (C=O) groups is 2. The lowest BCUT2D eigenvalue weighted by Gasteiger charge is -2.35. The standard InChI is InChI=1S/C15H20N2O3/c1-16-8-6-13(7-9-16)17(2)14(18)11-4-3-5-12(10-11)15(19)20/h3-5,10,13H,6-9H2,1-2H3,(H,19,20). The molecule has 1 aliphatic heterocycles. The lowest BCUT2D eigenvalue weighted by atomic mass is 10.0. The van der Waals surface area contributed by atoms with Crippen LogP contribution in [0.3, 0.4) is 0 Å². The highest BCUT2D eigenvalue weighted by molar-refractivity contribution is 5.97. The van der Waals surface area contributed by atoms with Gasteiger partial charge in [0.2, 0.25) is 0 Å². The number of piperidine rings is 1. The van der Waals surface area contributed by atoms with E-state index in [1.165, 1.54) is 12.1 Å². The van der Waals surface area contributed by atoms with E-state index in [1.807, 2.05) is 0 Å². The molecule has 20 heavy (non-hydrogen) atoms. The lowest BCUT2D eigenvalue weighted by molar-refractivity contribution is 0.0659. The van der Waals surface area contributed by atoms with Gasteiger partial charge in [-0.2, -0.15) is 0 Å². The van der Waals surface area contributed by atoms with Gasteiger partial charge in [0.15, 0.2) is 0 Å². The molecule has 0 aliphatic carbocycles. The Morgan fingerprint density at radius 2 is 1.85 bits per heavy atom. The first-order valence-electron chi connectivity index (χ1n) is 6.78. The number of amides is 1. The van der Waals surface area contributed by atoms with Crippen molar-refractivity contribution in [3.05, 3.63) is 35.4 Å². The van der Waals surface area contributed by atoms with Gasteiger partial charge in [-0.1, -0.05) is 6.07 Å². The maximum atomic E-state index is 12.4. The zero-order valence-corrected chi connectivity index (χ0v) is 11.9. The molecule has 0 spiro atoms. The monoisotopic (exact) mass is 276 g/mol. The summed E-state index contributed by atoms with van der Waals surface area (Å²) in [6.45, 7) is 1.97. The summed E-state index contributed by atoms with van der Waals surface area (Å²) in [6.07, 6.45) is 1.91. The smallest absolute Gasteiger partial charge is 0.335 e. The molecule has 0 bridgehead atoms. The van der Waals surface area contributed by atoms with E-state index in [0.29, 0.717) is 5.56 Å². The van der Waals surface area contributed by atoms with Gasteiger partial charge in [0, 0.05) is 18.7 Å². The number of likely N-dealkylation sites (tertiary alicyclic amines) is 1. The van der Waals surface area contributed by atoms with Crippen LogP contribution in [0.1, 0.15) is 33.6 Å². The van der Waals surface area contributed by atoms with Crippen LogP contribution in [0.25, 0.3) is 0 Å². The van der Waals surface area contributed by atoms with Crippen molar-refractivity contribution in [1.29, 1.82) is 0 Å². The molecule has 0 saturated carbocycles. The minimum absolute atomic E-state index is 0.109. The van der Waals surface area contributed by atoms with Gasteiger partial charge in [0.1, 0.15) is 0 Å². The number of rotatable bonds is 3. The molecule has 108 valence electrons. The summed E-state index contributed by atoms with van der Waals surface area (Å²) in [5.74, 6) is -1.12. The van der Waals surface area contributed by atoms with Gasteiger partial charge in [-0.15, -0.1) is 0 Å². The number of nitrogens with zero attached hydrogens (tertiary/aromatic N) is 2. The molecule has 5 nitrogen and oxygen atoms in total. The van der Waals surface area contributed by atoms with E-state index in [0.717, 1.165) is 25.9 Å². The minimum atomic E-state index is -1.01. The number of carboxylic acid groups (broad SMARTS) is 1. The van der Waals surface area contributed by atoms with Gasteiger partial charge in [-0.3, -0.25) is 4.79 Å². The maximum Gasteiger partial charge on any atom is 0.335 e. The van der Waals surface area contributed by atoms with Crippen LogP contribution in [0.15, 0.2) is 24.3 Å². The first kappa shape index (κ1) is 14.5. The van der Waals surface area contributed by atoms with Crippen LogP contribution in [0.5, 0.6) is 0 Å². The molecule has 0 atom stereocenters. The third-order valence-electron chi connectivity index (χ3n) is 3.91. The van der Waals surface area contributed by atoms with E-state index in [2.05, 4.69) is 11.9 Å². The molecule has 1 amide bonds. The van der Waals surface area contributed by atoms with Crippen LogP contribution in [-0.4, -0.2) is 60.0 Å². The fraction of sp³-hybridized carbons (Fsp3) is 0.467. The minimum Gasteiger partial charge on any atom is -0.478 e. The van der Waals surface area contributed by atoms with Crippen molar-refractivity contribution in [2.75, 3.05) is 27.2 Å². The van der Waals surface area contributed by atoms with Crippen LogP contribution >= 0.6 is 0 Å². The number of carboxylic acids is 1. The number of aromatic carboxylic acids is 1. The Kier molecular flexibility index (Phi) is 4.39. The number of hydrogen-bond donors (Lipinski definition) is 1. The normalized spacial score (nSPS) is 16.9. The number of hydrogen-bond acceptors (Lipinski definition) is 3. The highest BCUT2D eigenvalue weighted by Gasteiger charge is 2.24. The Hall–Kier alpha value is -1.88. The summed E-state index contributed by atoms with van der Waals surface area (Å²) >= 11 is 0. The van der Waals surface area contributed by atoms with Gasteiger partial charge in [0.05, 0.1) is 5.56 Å². The molecule has 2 rings (SSSR count). The molecule has 1 fully saturated rings. The van der Waals surface area contributed by atoms with Crippen molar-refractivity contribution in [3.63, 3.8) is 0 Å². The Bertz CT molecular complexity index is 508. The van der Waals surface area contributed by atoms with Crippen LogP contribution < -0.4 is 0 Å². The Balaban J connectivity index is 2.10. The zero-order valence-electron chi connectivity index (χ0n) is 11.9. The van der Waals surface area contributed by atoms with Gasteiger partial charge in [-0.25, -0.2) is 4.79 Å². The highest BCUT2D eigenvalue weighted by atomic mass is 16.4. The molecule has 1 aromatic rings. The summed E-state index contributed by atoms with van der Waals surface area (Å²) in [5.41, 5.74) is 0.582. The second-order valence-corrected chi connectivity index (χ2v) is 5.34.